The third kappa shape index (κ3) is 4.92. The molecule has 222 valence electrons. The van der Waals surface area contributed by atoms with E-state index in [4.69, 9.17) is 9.97 Å². The van der Waals surface area contributed by atoms with Gasteiger partial charge in [-0.3, -0.25) is 0 Å². The first-order chi connectivity index (χ1) is 20.9. The summed E-state index contributed by atoms with van der Waals surface area (Å²) in [7, 11) is 0. The fourth-order valence-corrected chi connectivity index (χ4v) is 7.62. The Morgan fingerprint density at radius 2 is 1.16 bits per heavy atom. The first-order valence-corrected chi connectivity index (χ1v) is 16.3. The minimum Gasteiger partial charge on any atom is -0.357 e. The van der Waals surface area contributed by atoms with E-state index in [-0.39, 0.29) is 17.5 Å². The van der Waals surface area contributed by atoms with Gasteiger partial charge < -0.3 is 25.5 Å². The summed E-state index contributed by atoms with van der Waals surface area (Å²) >= 11 is 0. The minimum absolute atomic E-state index is 0.121. The van der Waals surface area contributed by atoms with Crippen LogP contribution in [0, 0.1) is 0 Å². The first kappa shape index (κ1) is 26.9. The van der Waals surface area contributed by atoms with E-state index in [1.165, 1.54) is 35.2 Å². The number of nitrogens with one attached hydrogen (secondary N) is 4. The summed E-state index contributed by atoms with van der Waals surface area (Å²) in [5.74, 6) is 2.14. The van der Waals surface area contributed by atoms with Crippen molar-refractivity contribution in [2.45, 2.75) is 88.9 Å². The maximum absolute atomic E-state index is 5.06. The van der Waals surface area contributed by atoms with E-state index in [2.05, 4.69) is 107 Å². The van der Waals surface area contributed by atoms with Gasteiger partial charge in [0.2, 0.25) is 0 Å². The van der Waals surface area contributed by atoms with Crippen molar-refractivity contribution < 1.29 is 0 Å². The Hall–Kier alpha value is -3.68. The van der Waals surface area contributed by atoms with Crippen molar-refractivity contribution in [2.24, 2.45) is 0 Å². The number of aromatic amines is 2. The summed E-state index contributed by atoms with van der Waals surface area (Å²) in [5.41, 5.74) is 9.81. The third-order valence-corrected chi connectivity index (χ3v) is 10.0. The number of hydrogen-bond acceptors (Lipinski definition) is 5. The van der Waals surface area contributed by atoms with Crippen molar-refractivity contribution in [2.75, 3.05) is 18.0 Å². The molecule has 4 N–H and O–H groups in total. The van der Waals surface area contributed by atoms with Crippen molar-refractivity contribution in [3.05, 3.63) is 89.0 Å². The van der Waals surface area contributed by atoms with Gasteiger partial charge >= 0.3 is 0 Å². The highest BCUT2D eigenvalue weighted by atomic mass is 15.2. The third-order valence-electron chi connectivity index (χ3n) is 10.0. The fraction of sp³-hybridized carbons (Fsp3) is 0.444. The molecule has 7 nitrogen and oxygen atoms in total. The molecule has 3 aliphatic heterocycles. The SMILES string of the molecule is CC(C)(C)c1ccc(N2C(c3ccc4[nH]c(C5CCCN5)nc4c3)CCC2c2ccc3[nH]c(C4CCCN4)nc3c2)cc1. The molecule has 0 amide bonds. The molecule has 0 aliphatic carbocycles. The molecule has 2 aromatic heterocycles. The highest BCUT2D eigenvalue weighted by Crippen LogP contribution is 2.48. The van der Waals surface area contributed by atoms with Crippen molar-refractivity contribution in [3.8, 4) is 0 Å². The highest BCUT2D eigenvalue weighted by molar-refractivity contribution is 5.78. The second-order valence-corrected chi connectivity index (χ2v) is 13.9. The summed E-state index contributed by atoms with van der Waals surface area (Å²) in [5, 5.41) is 7.18. The molecule has 3 saturated heterocycles. The number of hydrogen-bond donors (Lipinski definition) is 4. The maximum atomic E-state index is 5.06. The van der Waals surface area contributed by atoms with Crippen LogP contribution in [0.3, 0.4) is 0 Å². The van der Waals surface area contributed by atoms with Crippen LogP contribution in [-0.2, 0) is 5.41 Å². The lowest BCUT2D eigenvalue weighted by Gasteiger charge is -2.34. The molecule has 7 heteroatoms. The molecule has 4 atom stereocenters. The Morgan fingerprint density at radius 1 is 0.651 bits per heavy atom. The fourth-order valence-electron chi connectivity index (χ4n) is 7.62. The number of aromatic nitrogens is 4. The van der Waals surface area contributed by atoms with Gasteiger partial charge in [0.1, 0.15) is 11.6 Å². The Kier molecular flexibility index (Phi) is 6.57. The normalized spacial score (nSPS) is 24.6. The van der Waals surface area contributed by atoms with Gasteiger partial charge in [0.05, 0.1) is 46.2 Å². The molecule has 3 aromatic carbocycles. The van der Waals surface area contributed by atoms with Gasteiger partial charge in [-0.2, -0.15) is 0 Å². The molecule has 8 rings (SSSR count). The van der Waals surface area contributed by atoms with Gasteiger partial charge in [-0.25, -0.2) is 9.97 Å². The molecule has 3 fully saturated rings. The Labute approximate surface area is 253 Å². The van der Waals surface area contributed by atoms with Gasteiger partial charge in [0.15, 0.2) is 0 Å². The zero-order valence-electron chi connectivity index (χ0n) is 25.6. The van der Waals surface area contributed by atoms with Crippen LogP contribution in [0.5, 0.6) is 0 Å². The molecule has 0 spiro atoms. The summed E-state index contributed by atoms with van der Waals surface area (Å²) in [4.78, 5) is 20.0. The molecular formula is C36H43N7. The van der Waals surface area contributed by atoms with E-state index >= 15 is 0 Å². The van der Waals surface area contributed by atoms with E-state index in [0.717, 1.165) is 72.5 Å². The molecule has 5 heterocycles. The number of rotatable bonds is 5. The van der Waals surface area contributed by atoms with Crippen molar-refractivity contribution in [1.82, 2.24) is 30.6 Å². The van der Waals surface area contributed by atoms with E-state index in [0.29, 0.717) is 12.1 Å². The van der Waals surface area contributed by atoms with Crippen LogP contribution in [0.4, 0.5) is 5.69 Å². The zero-order chi connectivity index (χ0) is 29.1. The highest BCUT2D eigenvalue weighted by Gasteiger charge is 2.36. The predicted octanol–water partition coefficient (Wildman–Crippen LogP) is 7.67. The summed E-state index contributed by atoms with van der Waals surface area (Å²) in [6.07, 6.45) is 6.90. The topological polar surface area (TPSA) is 84.7 Å². The van der Waals surface area contributed by atoms with Crippen LogP contribution < -0.4 is 15.5 Å². The van der Waals surface area contributed by atoms with E-state index in [1.807, 2.05) is 0 Å². The number of anilines is 1. The standard InChI is InChI=1S/C36H43N7/c1-36(2,3)24-10-12-25(13-11-24)43-32(22-8-14-26-30(20-22)41-34(39-26)28-6-4-18-37-28)16-17-33(43)23-9-15-27-31(21-23)42-35(40-27)29-7-5-19-38-29/h8-15,20-21,28-29,32-33,37-38H,4-7,16-19H2,1-3H3,(H,39,41)(H,40,42). The number of imidazole rings is 2. The molecule has 43 heavy (non-hydrogen) atoms. The van der Waals surface area contributed by atoms with Crippen LogP contribution in [0.25, 0.3) is 22.1 Å². The Balaban J connectivity index is 1.16. The van der Waals surface area contributed by atoms with E-state index in [9.17, 15) is 0 Å². The second-order valence-electron chi connectivity index (χ2n) is 13.9. The quantitative estimate of drug-likeness (QED) is 0.173. The molecule has 0 bridgehead atoms. The van der Waals surface area contributed by atoms with Gasteiger partial charge in [0.25, 0.3) is 0 Å². The van der Waals surface area contributed by atoms with Crippen molar-refractivity contribution in [1.29, 1.82) is 0 Å². The van der Waals surface area contributed by atoms with Gasteiger partial charge in [-0.1, -0.05) is 45.0 Å². The number of nitrogens with zero attached hydrogens (tertiary/aromatic N) is 3. The van der Waals surface area contributed by atoms with Crippen molar-refractivity contribution >= 4 is 27.8 Å². The smallest absolute Gasteiger partial charge is 0.124 e. The monoisotopic (exact) mass is 573 g/mol. The lowest BCUT2D eigenvalue weighted by Crippen LogP contribution is -2.26. The largest absolute Gasteiger partial charge is 0.357 e. The lowest BCUT2D eigenvalue weighted by molar-refractivity contribution is 0.589. The Morgan fingerprint density at radius 3 is 1.60 bits per heavy atom. The molecule has 5 aromatic rings. The Bertz CT molecular complexity index is 1640. The van der Waals surface area contributed by atoms with Gasteiger partial charge in [-0.05, 0) is 110 Å². The number of benzene rings is 3. The lowest BCUT2D eigenvalue weighted by atomic mass is 9.87. The minimum atomic E-state index is 0.121. The van der Waals surface area contributed by atoms with Gasteiger partial charge in [-0.15, -0.1) is 0 Å². The number of fused-ring (bicyclic) bond motifs is 2. The predicted molar refractivity (Wildman–Crippen MR) is 174 cm³/mol. The molecule has 3 aliphatic rings. The average molecular weight is 574 g/mol. The van der Waals surface area contributed by atoms with Crippen LogP contribution in [0.15, 0.2) is 60.7 Å². The van der Waals surface area contributed by atoms with Crippen LogP contribution in [-0.4, -0.2) is 33.0 Å². The summed E-state index contributed by atoms with van der Waals surface area (Å²) < 4.78 is 0. The summed E-state index contributed by atoms with van der Waals surface area (Å²) in [6, 6.07) is 24.3. The summed E-state index contributed by atoms with van der Waals surface area (Å²) in [6.45, 7) is 9.00. The van der Waals surface area contributed by atoms with Crippen LogP contribution in [0.2, 0.25) is 0 Å². The molecule has 0 radical (unpaired) electrons. The first-order valence-electron chi connectivity index (χ1n) is 16.3. The zero-order valence-corrected chi connectivity index (χ0v) is 25.6. The second kappa shape index (κ2) is 10.5. The van der Waals surface area contributed by atoms with E-state index < -0.39 is 0 Å². The van der Waals surface area contributed by atoms with E-state index in [1.54, 1.807) is 0 Å². The van der Waals surface area contributed by atoms with Gasteiger partial charge in [0, 0.05) is 5.69 Å². The maximum Gasteiger partial charge on any atom is 0.124 e. The van der Waals surface area contributed by atoms with Crippen LogP contribution in [0.1, 0.15) is 112 Å². The van der Waals surface area contributed by atoms with Crippen LogP contribution >= 0.6 is 0 Å². The average Bonchev–Trinajstić information content (AvgIpc) is 3.84. The molecule has 4 unspecified atom stereocenters. The molecule has 0 saturated carbocycles. The van der Waals surface area contributed by atoms with Crippen molar-refractivity contribution in [3.63, 3.8) is 0 Å². The molecular weight excluding hydrogens is 530 g/mol. The number of H-pyrrole nitrogens is 2.